The first-order chi connectivity index (χ1) is 13.0. The quantitative estimate of drug-likeness (QED) is 0.677. The molecule has 7 heteroatoms. The molecule has 1 aromatic heterocycles. The van der Waals surface area contributed by atoms with Crippen LogP contribution in [-0.4, -0.2) is 39.2 Å². The van der Waals surface area contributed by atoms with Crippen LogP contribution < -0.4 is 5.32 Å². The number of aromatic nitrogens is 3. The van der Waals surface area contributed by atoms with Gasteiger partial charge in [0.2, 0.25) is 5.91 Å². The summed E-state index contributed by atoms with van der Waals surface area (Å²) in [6, 6.07) is 13.7. The van der Waals surface area contributed by atoms with E-state index in [1.165, 1.54) is 17.5 Å². The fourth-order valence-corrected chi connectivity index (χ4v) is 3.00. The minimum Gasteiger partial charge on any atom is -0.323 e. The molecule has 3 aromatic rings. The van der Waals surface area contributed by atoms with Gasteiger partial charge in [0.15, 0.2) is 0 Å². The van der Waals surface area contributed by atoms with E-state index < -0.39 is 0 Å². The Labute approximate surface area is 163 Å². The molecular weight excluding hydrogens is 362 g/mol. The van der Waals surface area contributed by atoms with Crippen molar-refractivity contribution in [3.8, 4) is 5.69 Å². The summed E-state index contributed by atoms with van der Waals surface area (Å²) in [5.74, 6) is -0.119. The highest BCUT2D eigenvalue weighted by Crippen LogP contribution is 2.24. The number of hydrogen-bond acceptors (Lipinski definition) is 4. The number of rotatable bonds is 7. The molecule has 0 aliphatic carbocycles. The van der Waals surface area contributed by atoms with Crippen LogP contribution in [0.15, 0.2) is 55.1 Å². The molecule has 6 nitrogen and oxygen atoms in total. The second kappa shape index (κ2) is 8.79. The molecule has 0 fully saturated rings. The van der Waals surface area contributed by atoms with Gasteiger partial charge in [-0.25, -0.2) is 9.67 Å². The summed E-state index contributed by atoms with van der Waals surface area (Å²) >= 11 is 6.09. The van der Waals surface area contributed by atoms with Gasteiger partial charge in [-0.1, -0.05) is 42.8 Å². The molecule has 0 saturated carbocycles. The molecule has 0 aliphatic rings. The fourth-order valence-electron chi connectivity index (χ4n) is 2.82. The number of carbonyl (C=O) groups excluding carboxylic acids is 1. The van der Waals surface area contributed by atoms with Crippen molar-refractivity contribution in [1.29, 1.82) is 0 Å². The Hall–Kier alpha value is -2.70. The van der Waals surface area contributed by atoms with E-state index in [1.54, 1.807) is 29.2 Å². The first kappa shape index (κ1) is 19.1. The maximum Gasteiger partial charge on any atom is 0.238 e. The average molecular weight is 384 g/mol. The second-order valence-corrected chi connectivity index (χ2v) is 6.83. The van der Waals surface area contributed by atoms with Gasteiger partial charge in [-0.15, -0.1) is 0 Å². The fraction of sp³-hybridized carbons (Fsp3) is 0.250. The van der Waals surface area contributed by atoms with Crippen LogP contribution in [0.4, 0.5) is 5.69 Å². The molecule has 0 saturated heterocycles. The van der Waals surface area contributed by atoms with Gasteiger partial charge in [-0.05, 0) is 42.8 Å². The molecule has 0 atom stereocenters. The summed E-state index contributed by atoms with van der Waals surface area (Å²) in [5.41, 5.74) is 3.79. The Morgan fingerprint density at radius 2 is 1.93 bits per heavy atom. The summed E-state index contributed by atoms with van der Waals surface area (Å²) in [6.45, 7) is 3.09. The van der Waals surface area contributed by atoms with Crippen LogP contribution in [0, 0.1) is 0 Å². The van der Waals surface area contributed by atoms with Gasteiger partial charge in [0.1, 0.15) is 12.7 Å². The first-order valence-electron chi connectivity index (χ1n) is 8.76. The largest absolute Gasteiger partial charge is 0.323 e. The molecule has 1 heterocycles. The van der Waals surface area contributed by atoms with Crippen molar-refractivity contribution in [3.63, 3.8) is 0 Å². The van der Waals surface area contributed by atoms with Crippen molar-refractivity contribution in [2.24, 2.45) is 0 Å². The van der Waals surface area contributed by atoms with Crippen LogP contribution in [0.2, 0.25) is 5.02 Å². The number of benzene rings is 2. The lowest BCUT2D eigenvalue weighted by molar-refractivity contribution is -0.117. The zero-order valence-electron chi connectivity index (χ0n) is 15.4. The minimum absolute atomic E-state index is 0.119. The van der Waals surface area contributed by atoms with Crippen LogP contribution in [0.3, 0.4) is 0 Å². The van der Waals surface area contributed by atoms with Gasteiger partial charge in [-0.3, -0.25) is 9.69 Å². The summed E-state index contributed by atoms with van der Waals surface area (Å²) in [5, 5.41) is 7.58. The lowest BCUT2D eigenvalue weighted by Crippen LogP contribution is -2.30. The Kier molecular flexibility index (Phi) is 6.21. The van der Waals surface area contributed by atoms with E-state index >= 15 is 0 Å². The summed E-state index contributed by atoms with van der Waals surface area (Å²) in [6.07, 6.45) is 4.04. The van der Waals surface area contributed by atoms with Gasteiger partial charge in [0.25, 0.3) is 0 Å². The highest BCUT2D eigenvalue weighted by atomic mass is 35.5. The number of hydrogen-bond donors (Lipinski definition) is 1. The average Bonchev–Trinajstić information content (AvgIpc) is 3.16. The van der Waals surface area contributed by atoms with Gasteiger partial charge < -0.3 is 5.32 Å². The van der Waals surface area contributed by atoms with Gasteiger partial charge >= 0.3 is 0 Å². The van der Waals surface area contributed by atoms with E-state index in [2.05, 4.69) is 46.6 Å². The van der Waals surface area contributed by atoms with E-state index in [1.807, 2.05) is 11.9 Å². The molecule has 1 N–H and O–H groups in total. The Balaban J connectivity index is 1.64. The predicted octanol–water partition coefficient (Wildman–Crippen LogP) is 3.55. The zero-order chi connectivity index (χ0) is 19.2. The van der Waals surface area contributed by atoms with Crippen molar-refractivity contribution in [2.75, 3.05) is 18.9 Å². The molecular formula is C20H22ClN5O. The number of aryl methyl sites for hydroxylation is 1. The van der Waals surface area contributed by atoms with Crippen molar-refractivity contribution < 1.29 is 4.79 Å². The third-order valence-electron chi connectivity index (χ3n) is 4.20. The van der Waals surface area contributed by atoms with Crippen LogP contribution in [0.5, 0.6) is 0 Å². The Morgan fingerprint density at radius 3 is 2.59 bits per heavy atom. The lowest BCUT2D eigenvalue weighted by atomic mass is 10.1. The molecule has 3 rings (SSSR count). The van der Waals surface area contributed by atoms with Crippen LogP contribution in [0.1, 0.15) is 18.1 Å². The third-order valence-corrected chi connectivity index (χ3v) is 4.43. The maximum atomic E-state index is 12.5. The molecule has 27 heavy (non-hydrogen) atoms. The van der Waals surface area contributed by atoms with Gasteiger partial charge in [-0.2, -0.15) is 5.10 Å². The van der Waals surface area contributed by atoms with E-state index in [0.29, 0.717) is 22.9 Å². The topological polar surface area (TPSA) is 63.1 Å². The smallest absolute Gasteiger partial charge is 0.238 e. The first-order valence-corrected chi connectivity index (χ1v) is 9.13. The predicted molar refractivity (Wildman–Crippen MR) is 107 cm³/mol. The van der Waals surface area contributed by atoms with Crippen molar-refractivity contribution in [1.82, 2.24) is 19.7 Å². The number of halogens is 1. The maximum absolute atomic E-state index is 12.5. The van der Waals surface area contributed by atoms with E-state index in [4.69, 9.17) is 11.6 Å². The number of amides is 1. The van der Waals surface area contributed by atoms with Crippen molar-refractivity contribution >= 4 is 23.2 Å². The number of nitrogens with zero attached hydrogens (tertiary/aromatic N) is 4. The number of anilines is 1. The standard InChI is InChI=1S/C20H22ClN5O/c1-3-15-4-6-16(7-5-15)11-25(2)12-20(27)24-18-10-17(21)8-9-19(18)26-14-22-13-23-26/h4-10,13-14H,3,11-12H2,1-2H3,(H,24,27). The summed E-state index contributed by atoms with van der Waals surface area (Å²) in [7, 11) is 1.92. The molecule has 0 aliphatic heterocycles. The highest BCUT2D eigenvalue weighted by Gasteiger charge is 2.12. The lowest BCUT2D eigenvalue weighted by Gasteiger charge is -2.17. The number of likely N-dealkylation sites (N-methyl/N-ethyl adjacent to an activating group) is 1. The zero-order valence-corrected chi connectivity index (χ0v) is 16.1. The molecule has 0 unspecified atom stereocenters. The molecule has 0 bridgehead atoms. The third kappa shape index (κ3) is 5.15. The molecule has 2 aromatic carbocycles. The number of nitrogens with one attached hydrogen (secondary N) is 1. The molecule has 0 spiro atoms. The van der Waals surface area contributed by atoms with Crippen LogP contribution in [0.25, 0.3) is 5.69 Å². The van der Waals surface area contributed by atoms with Crippen LogP contribution in [-0.2, 0) is 17.8 Å². The van der Waals surface area contributed by atoms with Gasteiger partial charge in [0, 0.05) is 11.6 Å². The summed E-state index contributed by atoms with van der Waals surface area (Å²) < 4.78 is 1.59. The van der Waals surface area contributed by atoms with E-state index in [9.17, 15) is 4.79 Å². The van der Waals surface area contributed by atoms with Crippen molar-refractivity contribution in [2.45, 2.75) is 19.9 Å². The van der Waals surface area contributed by atoms with Gasteiger partial charge in [0.05, 0.1) is 17.9 Å². The Bertz CT molecular complexity index is 893. The monoisotopic (exact) mass is 383 g/mol. The van der Waals surface area contributed by atoms with E-state index in [-0.39, 0.29) is 12.5 Å². The van der Waals surface area contributed by atoms with E-state index in [0.717, 1.165) is 6.42 Å². The molecule has 140 valence electrons. The number of carbonyl (C=O) groups is 1. The highest BCUT2D eigenvalue weighted by molar-refractivity contribution is 6.31. The SMILES string of the molecule is CCc1ccc(CN(C)CC(=O)Nc2cc(Cl)ccc2-n2cncn2)cc1. The van der Waals surface area contributed by atoms with Crippen molar-refractivity contribution in [3.05, 3.63) is 71.3 Å². The Morgan fingerprint density at radius 1 is 1.19 bits per heavy atom. The minimum atomic E-state index is -0.119. The second-order valence-electron chi connectivity index (χ2n) is 6.39. The normalized spacial score (nSPS) is 11.0. The molecule has 1 amide bonds. The summed E-state index contributed by atoms with van der Waals surface area (Å²) in [4.78, 5) is 18.4. The molecule has 0 radical (unpaired) electrons. The van der Waals surface area contributed by atoms with Crippen LogP contribution >= 0.6 is 11.6 Å².